The zero-order valence-corrected chi connectivity index (χ0v) is 19.0. The molecule has 0 atom stereocenters. The quantitative estimate of drug-likeness (QED) is 0.531. The first-order chi connectivity index (χ1) is 14.6. The lowest BCUT2D eigenvalue weighted by molar-refractivity contribution is 0.399. The smallest absolute Gasteiger partial charge is 0.243 e. The van der Waals surface area contributed by atoms with E-state index in [4.69, 9.17) is 21.5 Å². The minimum atomic E-state index is -3.98. The lowest BCUT2D eigenvalue weighted by Crippen LogP contribution is -2.30. The SMILES string of the molecule is COc1ccc(CN(Cc2ccccc2Cl)S(=O)(=O)c2ccc(S(N)(=O)=O)cc2)cc1. The molecule has 10 heteroatoms. The Morgan fingerprint density at radius 3 is 1.97 bits per heavy atom. The molecule has 31 heavy (non-hydrogen) atoms. The van der Waals surface area contributed by atoms with Gasteiger partial charge in [0.25, 0.3) is 0 Å². The first-order valence-electron chi connectivity index (χ1n) is 9.10. The molecule has 164 valence electrons. The number of rotatable bonds is 8. The molecule has 0 aliphatic rings. The van der Waals surface area contributed by atoms with Gasteiger partial charge < -0.3 is 4.74 Å². The van der Waals surface area contributed by atoms with Gasteiger partial charge >= 0.3 is 0 Å². The average molecular weight is 481 g/mol. The zero-order chi connectivity index (χ0) is 22.6. The molecule has 3 aromatic carbocycles. The molecule has 0 aliphatic heterocycles. The Morgan fingerprint density at radius 1 is 0.839 bits per heavy atom. The number of hydrogen-bond donors (Lipinski definition) is 1. The van der Waals surface area contributed by atoms with E-state index in [1.165, 1.54) is 28.6 Å². The van der Waals surface area contributed by atoms with Crippen molar-refractivity contribution in [1.29, 1.82) is 0 Å². The van der Waals surface area contributed by atoms with Gasteiger partial charge in [0.05, 0.1) is 16.9 Å². The molecule has 0 fully saturated rings. The van der Waals surface area contributed by atoms with Crippen LogP contribution in [0.2, 0.25) is 5.02 Å². The summed E-state index contributed by atoms with van der Waals surface area (Å²) in [5.74, 6) is 0.655. The molecule has 0 saturated carbocycles. The number of nitrogens with two attached hydrogens (primary N) is 1. The predicted molar refractivity (Wildman–Crippen MR) is 119 cm³/mol. The van der Waals surface area contributed by atoms with Crippen molar-refractivity contribution >= 4 is 31.6 Å². The van der Waals surface area contributed by atoms with Gasteiger partial charge in [-0.15, -0.1) is 0 Å². The van der Waals surface area contributed by atoms with Crippen LogP contribution in [-0.2, 0) is 33.1 Å². The van der Waals surface area contributed by atoms with E-state index < -0.39 is 20.0 Å². The van der Waals surface area contributed by atoms with Crippen molar-refractivity contribution < 1.29 is 21.6 Å². The molecule has 7 nitrogen and oxygen atoms in total. The molecule has 0 saturated heterocycles. The highest BCUT2D eigenvalue weighted by Crippen LogP contribution is 2.25. The third kappa shape index (κ3) is 5.63. The molecule has 0 heterocycles. The highest BCUT2D eigenvalue weighted by molar-refractivity contribution is 7.89. The van der Waals surface area contributed by atoms with Gasteiger partial charge in [-0.3, -0.25) is 0 Å². The van der Waals surface area contributed by atoms with Crippen LogP contribution in [0.1, 0.15) is 11.1 Å². The number of sulfonamides is 2. The van der Waals surface area contributed by atoms with Crippen LogP contribution < -0.4 is 9.88 Å². The van der Waals surface area contributed by atoms with E-state index in [1.807, 2.05) is 0 Å². The summed E-state index contributed by atoms with van der Waals surface area (Å²) >= 11 is 6.26. The molecule has 2 N–H and O–H groups in total. The fourth-order valence-electron chi connectivity index (χ4n) is 2.93. The molecule has 3 rings (SSSR count). The number of hydrogen-bond acceptors (Lipinski definition) is 5. The Morgan fingerprint density at radius 2 is 1.42 bits per heavy atom. The molecule has 3 aromatic rings. The van der Waals surface area contributed by atoms with E-state index >= 15 is 0 Å². The van der Waals surface area contributed by atoms with Gasteiger partial charge in [0, 0.05) is 18.1 Å². The molecule has 0 aromatic heterocycles. The van der Waals surface area contributed by atoms with Crippen LogP contribution >= 0.6 is 11.6 Å². The van der Waals surface area contributed by atoms with Gasteiger partial charge in [-0.2, -0.15) is 4.31 Å². The molecule has 0 unspecified atom stereocenters. The van der Waals surface area contributed by atoms with Crippen molar-refractivity contribution in [2.24, 2.45) is 5.14 Å². The van der Waals surface area contributed by atoms with E-state index in [2.05, 4.69) is 0 Å². The van der Waals surface area contributed by atoms with Crippen molar-refractivity contribution in [3.05, 3.63) is 88.9 Å². The van der Waals surface area contributed by atoms with E-state index in [0.717, 1.165) is 5.56 Å². The van der Waals surface area contributed by atoms with Crippen LogP contribution in [0.15, 0.2) is 82.6 Å². The maximum absolute atomic E-state index is 13.4. The standard InChI is InChI=1S/C21H21ClN2O5S2/c1-29-18-8-6-16(7-9-18)14-24(15-17-4-2-3-5-21(17)22)31(27,28)20-12-10-19(11-13-20)30(23,25)26/h2-13H,14-15H2,1H3,(H2,23,25,26). The largest absolute Gasteiger partial charge is 0.497 e. The normalized spacial score (nSPS) is 12.1. The number of nitrogens with zero attached hydrogens (tertiary/aromatic N) is 1. The van der Waals surface area contributed by atoms with Crippen LogP contribution in [0, 0.1) is 0 Å². The van der Waals surface area contributed by atoms with Crippen molar-refractivity contribution in [2.45, 2.75) is 22.9 Å². The van der Waals surface area contributed by atoms with Crippen LogP contribution in [-0.4, -0.2) is 28.3 Å². The molecule has 0 aliphatic carbocycles. The molecular formula is C21H21ClN2O5S2. The van der Waals surface area contributed by atoms with Crippen LogP contribution in [0.5, 0.6) is 5.75 Å². The van der Waals surface area contributed by atoms with Crippen molar-refractivity contribution in [3.8, 4) is 5.75 Å². The number of benzene rings is 3. The monoisotopic (exact) mass is 480 g/mol. The summed E-state index contributed by atoms with van der Waals surface area (Å²) in [6.07, 6.45) is 0. The zero-order valence-electron chi connectivity index (χ0n) is 16.6. The van der Waals surface area contributed by atoms with E-state index in [9.17, 15) is 16.8 Å². The van der Waals surface area contributed by atoms with Gasteiger partial charge in [-0.05, 0) is 53.6 Å². The van der Waals surface area contributed by atoms with Gasteiger partial charge in [-0.1, -0.05) is 41.9 Å². The van der Waals surface area contributed by atoms with E-state index in [-0.39, 0.29) is 22.9 Å². The summed E-state index contributed by atoms with van der Waals surface area (Å²) in [6.45, 7) is 0.111. The van der Waals surface area contributed by atoms with Gasteiger partial charge in [0.15, 0.2) is 0 Å². The first-order valence-corrected chi connectivity index (χ1v) is 12.5. The summed E-state index contributed by atoms with van der Waals surface area (Å²) in [6, 6.07) is 18.8. The summed E-state index contributed by atoms with van der Waals surface area (Å²) in [4.78, 5) is -0.222. The second kappa shape index (κ2) is 9.37. The molecule has 0 amide bonds. The number of ether oxygens (including phenoxy) is 1. The van der Waals surface area contributed by atoms with Crippen LogP contribution in [0.25, 0.3) is 0 Å². The Labute approximate surface area is 187 Å². The maximum Gasteiger partial charge on any atom is 0.243 e. The highest BCUT2D eigenvalue weighted by atomic mass is 35.5. The highest BCUT2D eigenvalue weighted by Gasteiger charge is 2.26. The minimum Gasteiger partial charge on any atom is -0.497 e. The summed E-state index contributed by atoms with van der Waals surface area (Å²) in [5.41, 5.74) is 1.39. The van der Waals surface area contributed by atoms with Gasteiger partial charge in [0.1, 0.15) is 5.75 Å². The predicted octanol–water partition coefficient (Wildman–Crippen LogP) is 3.39. The lowest BCUT2D eigenvalue weighted by Gasteiger charge is -2.23. The average Bonchev–Trinajstić information content (AvgIpc) is 2.74. The Bertz CT molecular complexity index is 1260. The Balaban J connectivity index is 1.99. The Kier molecular flexibility index (Phi) is 7.03. The summed E-state index contributed by atoms with van der Waals surface area (Å²) < 4.78 is 56.2. The first kappa shape index (κ1) is 23.2. The van der Waals surface area contributed by atoms with Crippen LogP contribution in [0.4, 0.5) is 0 Å². The van der Waals surface area contributed by atoms with Gasteiger partial charge in [0.2, 0.25) is 20.0 Å². The summed E-state index contributed by atoms with van der Waals surface area (Å²) in [5, 5.41) is 5.55. The second-order valence-electron chi connectivity index (χ2n) is 6.73. The molecule has 0 bridgehead atoms. The van der Waals surface area contributed by atoms with E-state index in [0.29, 0.717) is 16.3 Å². The maximum atomic E-state index is 13.4. The third-order valence-electron chi connectivity index (χ3n) is 4.61. The molecule has 0 spiro atoms. The summed E-state index contributed by atoms with van der Waals surface area (Å²) in [7, 11) is -6.37. The van der Waals surface area contributed by atoms with Crippen molar-refractivity contribution in [3.63, 3.8) is 0 Å². The number of methoxy groups -OCH3 is 1. The molecular weight excluding hydrogens is 460 g/mol. The van der Waals surface area contributed by atoms with Crippen molar-refractivity contribution in [2.75, 3.05) is 7.11 Å². The lowest BCUT2D eigenvalue weighted by atomic mass is 10.2. The third-order valence-corrected chi connectivity index (χ3v) is 7.72. The minimum absolute atomic E-state index is 0.0327. The van der Waals surface area contributed by atoms with Gasteiger partial charge in [-0.25, -0.2) is 22.0 Å². The van der Waals surface area contributed by atoms with E-state index in [1.54, 1.807) is 55.6 Å². The number of primary sulfonamides is 1. The van der Waals surface area contributed by atoms with Crippen molar-refractivity contribution in [1.82, 2.24) is 4.31 Å². The fourth-order valence-corrected chi connectivity index (χ4v) is 5.04. The molecule has 0 radical (unpaired) electrons. The number of halogens is 1. The topological polar surface area (TPSA) is 107 Å². The fraction of sp³-hybridized carbons (Fsp3) is 0.143. The van der Waals surface area contributed by atoms with Crippen LogP contribution in [0.3, 0.4) is 0 Å². The Hall–Kier alpha value is -2.43. The second-order valence-corrected chi connectivity index (χ2v) is 10.6.